The zero-order valence-electron chi connectivity index (χ0n) is 10.2. The third-order valence-corrected chi connectivity index (χ3v) is 2.08. The molecular weight excluding hydrogens is 222 g/mol. The van der Waals surface area contributed by atoms with Crippen molar-refractivity contribution in [2.45, 2.75) is 26.4 Å². The minimum Gasteiger partial charge on any atom is -0.476 e. The number of carboxylic acid groups (broad SMARTS) is 1. The molecule has 0 fully saturated rings. The van der Waals surface area contributed by atoms with Crippen molar-refractivity contribution in [3.63, 3.8) is 0 Å². The van der Waals surface area contributed by atoms with Gasteiger partial charge in [-0.3, -0.25) is 4.98 Å². The zero-order chi connectivity index (χ0) is 12.9. The van der Waals surface area contributed by atoms with Crippen molar-refractivity contribution in [1.29, 1.82) is 0 Å². The number of rotatable bonds is 6. The number of hydrogen-bond donors (Lipinski definition) is 2. The van der Waals surface area contributed by atoms with Crippen LogP contribution in [-0.4, -0.2) is 39.8 Å². The average molecular weight is 239 g/mol. The van der Waals surface area contributed by atoms with Crippen molar-refractivity contribution < 1.29 is 14.6 Å². The summed E-state index contributed by atoms with van der Waals surface area (Å²) in [5.74, 6) is -0.664. The fraction of sp³-hybridized carbons (Fsp3) is 0.545. The summed E-state index contributed by atoms with van der Waals surface area (Å²) in [6.07, 6.45) is 2.69. The van der Waals surface area contributed by atoms with Gasteiger partial charge in [-0.25, -0.2) is 9.78 Å². The summed E-state index contributed by atoms with van der Waals surface area (Å²) in [4.78, 5) is 18.4. The number of nitrogens with zero attached hydrogens (tertiary/aromatic N) is 2. The van der Waals surface area contributed by atoms with Gasteiger partial charge in [0.25, 0.3) is 0 Å². The summed E-state index contributed by atoms with van der Waals surface area (Å²) in [5, 5.41) is 11.8. The molecule has 0 unspecified atom stereocenters. The van der Waals surface area contributed by atoms with E-state index in [4.69, 9.17) is 9.84 Å². The number of ether oxygens (including phenoxy) is 1. The maximum atomic E-state index is 10.7. The normalized spacial score (nSPS) is 11.2. The second-order valence-electron chi connectivity index (χ2n) is 4.14. The van der Waals surface area contributed by atoms with Gasteiger partial charge in [0.2, 0.25) is 0 Å². The number of anilines is 1. The van der Waals surface area contributed by atoms with E-state index in [2.05, 4.69) is 15.3 Å². The van der Waals surface area contributed by atoms with Gasteiger partial charge in [0.15, 0.2) is 5.69 Å². The van der Waals surface area contributed by atoms with E-state index in [0.29, 0.717) is 19.0 Å². The lowest BCUT2D eigenvalue weighted by atomic mass is 10.1. The van der Waals surface area contributed by atoms with E-state index < -0.39 is 5.97 Å². The Morgan fingerprint density at radius 3 is 2.82 bits per heavy atom. The Kier molecular flexibility index (Phi) is 4.39. The molecule has 0 atom stereocenters. The second kappa shape index (κ2) is 5.58. The molecule has 17 heavy (non-hydrogen) atoms. The monoisotopic (exact) mass is 239 g/mol. The Labute approximate surface area is 100 Å². The summed E-state index contributed by atoms with van der Waals surface area (Å²) in [6, 6.07) is 0. The summed E-state index contributed by atoms with van der Waals surface area (Å²) in [7, 11) is 0. The van der Waals surface area contributed by atoms with Crippen molar-refractivity contribution in [2.24, 2.45) is 0 Å². The maximum absolute atomic E-state index is 10.7. The predicted molar refractivity (Wildman–Crippen MR) is 63.2 cm³/mol. The number of hydrogen-bond acceptors (Lipinski definition) is 5. The highest BCUT2D eigenvalue weighted by Crippen LogP contribution is 2.10. The molecule has 0 aromatic carbocycles. The van der Waals surface area contributed by atoms with Gasteiger partial charge < -0.3 is 15.2 Å². The quantitative estimate of drug-likeness (QED) is 0.780. The summed E-state index contributed by atoms with van der Waals surface area (Å²) in [6.45, 7) is 6.96. The number of carboxylic acids is 1. The third kappa shape index (κ3) is 4.36. The Morgan fingerprint density at radius 2 is 2.24 bits per heavy atom. The highest BCUT2D eigenvalue weighted by molar-refractivity contribution is 5.85. The molecule has 1 aromatic rings. The van der Waals surface area contributed by atoms with E-state index in [1.807, 2.05) is 20.8 Å². The zero-order valence-corrected chi connectivity index (χ0v) is 10.2. The standard InChI is InChI=1S/C11H17N3O3/c1-4-17-11(2,3)7-13-9-6-12-5-8(14-9)10(15)16/h5-6H,4,7H2,1-3H3,(H,13,14)(H,15,16). The Morgan fingerprint density at radius 1 is 1.53 bits per heavy atom. The highest BCUT2D eigenvalue weighted by atomic mass is 16.5. The van der Waals surface area contributed by atoms with Gasteiger partial charge in [-0.2, -0.15) is 0 Å². The van der Waals surface area contributed by atoms with Gasteiger partial charge in [0.1, 0.15) is 5.82 Å². The lowest BCUT2D eigenvalue weighted by molar-refractivity contribution is 0.000638. The van der Waals surface area contributed by atoms with Gasteiger partial charge in [-0.05, 0) is 20.8 Å². The van der Waals surface area contributed by atoms with Crippen LogP contribution in [0.2, 0.25) is 0 Å². The van der Waals surface area contributed by atoms with Gasteiger partial charge in [-0.1, -0.05) is 0 Å². The average Bonchev–Trinajstić information content (AvgIpc) is 2.27. The molecule has 94 valence electrons. The van der Waals surface area contributed by atoms with Gasteiger partial charge in [0.05, 0.1) is 18.0 Å². The molecular formula is C11H17N3O3. The molecule has 0 amide bonds. The van der Waals surface area contributed by atoms with Crippen molar-refractivity contribution in [3.8, 4) is 0 Å². The topological polar surface area (TPSA) is 84.3 Å². The van der Waals surface area contributed by atoms with E-state index in [1.165, 1.54) is 12.4 Å². The van der Waals surface area contributed by atoms with Gasteiger partial charge >= 0.3 is 5.97 Å². The molecule has 6 heteroatoms. The first-order valence-corrected chi connectivity index (χ1v) is 5.38. The van der Waals surface area contributed by atoms with E-state index >= 15 is 0 Å². The fourth-order valence-electron chi connectivity index (χ4n) is 1.30. The smallest absolute Gasteiger partial charge is 0.356 e. The molecule has 1 heterocycles. The summed E-state index contributed by atoms with van der Waals surface area (Å²) < 4.78 is 5.50. The highest BCUT2D eigenvalue weighted by Gasteiger charge is 2.17. The van der Waals surface area contributed by atoms with Gasteiger partial charge in [0, 0.05) is 13.2 Å². The van der Waals surface area contributed by atoms with Crippen LogP contribution in [0.3, 0.4) is 0 Å². The van der Waals surface area contributed by atoms with Gasteiger partial charge in [-0.15, -0.1) is 0 Å². The molecule has 6 nitrogen and oxygen atoms in total. The first-order chi connectivity index (χ1) is 7.94. The fourth-order valence-corrected chi connectivity index (χ4v) is 1.30. The van der Waals surface area contributed by atoms with Crippen LogP contribution >= 0.6 is 0 Å². The first kappa shape index (κ1) is 13.4. The molecule has 0 saturated carbocycles. The molecule has 1 rings (SSSR count). The third-order valence-electron chi connectivity index (χ3n) is 2.08. The molecule has 0 aliphatic rings. The van der Waals surface area contributed by atoms with Crippen LogP contribution in [0.15, 0.2) is 12.4 Å². The van der Waals surface area contributed by atoms with Crippen LogP contribution in [-0.2, 0) is 4.74 Å². The second-order valence-corrected chi connectivity index (χ2v) is 4.14. The number of aromatic carboxylic acids is 1. The molecule has 2 N–H and O–H groups in total. The molecule has 0 aliphatic heterocycles. The summed E-state index contributed by atoms with van der Waals surface area (Å²) >= 11 is 0. The lowest BCUT2D eigenvalue weighted by Gasteiger charge is -2.25. The largest absolute Gasteiger partial charge is 0.476 e. The minimum absolute atomic E-state index is 0.0794. The molecule has 0 radical (unpaired) electrons. The molecule has 1 aromatic heterocycles. The molecule has 0 aliphatic carbocycles. The number of carbonyl (C=O) groups is 1. The van der Waals surface area contributed by atoms with Crippen molar-refractivity contribution in [3.05, 3.63) is 18.1 Å². The van der Waals surface area contributed by atoms with Crippen LogP contribution < -0.4 is 5.32 Å². The lowest BCUT2D eigenvalue weighted by Crippen LogP contribution is -2.33. The molecule has 0 spiro atoms. The Hall–Kier alpha value is -1.69. The number of nitrogens with one attached hydrogen (secondary N) is 1. The van der Waals surface area contributed by atoms with Crippen LogP contribution in [0.1, 0.15) is 31.3 Å². The number of aromatic nitrogens is 2. The summed E-state index contributed by atoms with van der Waals surface area (Å²) in [5.41, 5.74) is -0.417. The Balaban J connectivity index is 2.63. The van der Waals surface area contributed by atoms with Crippen LogP contribution in [0.5, 0.6) is 0 Å². The van der Waals surface area contributed by atoms with E-state index in [-0.39, 0.29) is 11.3 Å². The van der Waals surface area contributed by atoms with E-state index in [9.17, 15) is 4.79 Å². The Bertz CT molecular complexity index is 393. The van der Waals surface area contributed by atoms with E-state index in [0.717, 1.165) is 0 Å². The van der Waals surface area contributed by atoms with Crippen LogP contribution in [0, 0.1) is 0 Å². The molecule has 0 saturated heterocycles. The van der Waals surface area contributed by atoms with E-state index in [1.54, 1.807) is 0 Å². The SMILES string of the molecule is CCOC(C)(C)CNc1cncc(C(=O)O)n1. The van der Waals surface area contributed by atoms with Crippen molar-refractivity contribution in [2.75, 3.05) is 18.5 Å². The van der Waals surface area contributed by atoms with Crippen molar-refractivity contribution >= 4 is 11.8 Å². The molecule has 0 bridgehead atoms. The van der Waals surface area contributed by atoms with Crippen LogP contribution in [0.25, 0.3) is 0 Å². The minimum atomic E-state index is -1.09. The maximum Gasteiger partial charge on any atom is 0.356 e. The first-order valence-electron chi connectivity index (χ1n) is 5.38. The van der Waals surface area contributed by atoms with Crippen molar-refractivity contribution in [1.82, 2.24) is 9.97 Å². The predicted octanol–water partition coefficient (Wildman–Crippen LogP) is 1.40. The van der Waals surface area contributed by atoms with Crippen LogP contribution in [0.4, 0.5) is 5.82 Å².